The zero-order chi connectivity index (χ0) is 18.4. The number of carbonyl (C=O) groups is 3. The summed E-state index contributed by atoms with van der Waals surface area (Å²) in [4.78, 5) is 48.6. The Hall–Kier alpha value is -3.87. The Kier molecular flexibility index (Phi) is 3.37. The van der Waals surface area contributed by atoms with Gasteiger partial charge in [-0.1, -0.05) is 18.2 Å². The van der Waals surface area contributed by atoms with Crippen molar-refractivity contribution in [2.24, 2.45) is 0 Å². The van der Waals surface area contributed by atoms with E-state index in [0.717, 1.165) is 4.90 Å². The van der Waals surface area contributed by atoms with Crippen LogP contribution in [0.15, 0.2) is 54.6 Å². The number of nitrogens with zero attached hydrogens (tertiary/aromatic N) is 2. The third-order valence-corrected chi connectivity index (χ3v) is 4.35. The predicted molar refractivity (Wildman–Crippen MR) is 93.6 cm³/mol. The molecule has 2 amide bonds. The van der Waals surface area contributed by atoms with Crippen molar-refractivity contribution in [1.82, 2.24) is 0 Å². The number of hydrogen-bond acceptors (Lipinski definition) is 5. The minimum Gasteiger partial charge on any atom is -0.298 e. The second-order valence-corrected chi connectivity index (χ2v) is 5.78. The van der Waals surface area contributed by atoms with Crippen molar-refractivity contribution in [3.05, 3.63) is 81.4 Å². The SMILES string of the molecule is O=Cc1cccc(N2C(=O)c3cccc4c([N+](=O)[O-])ccc(c34)C2=O)c1. The number of anilines is 1. The van der Waals surface area contributed by atoms with E-state index in [2.05, 4.69) is 0 Å². The molecule has 3 aromatic rings. The molecule has 1 heterocycles. The van der Waals surface area contributed by atoms with Gasteiger partial charge in [-0.05, 0) is 30.3 Å². The standard InChI is InChI=1S/C19H10N2O5/c22-10-11-3-1-4-12(9-11)20-18(23)14-6-2-5-13-16(21(25)26)8-7-15(17(13)14)19(20)24/h1-10H. The maximum atomic E-state index is 12.9. The molecule has 126 valence electrons. The van der Waals surface area contributed by atoms with E-state index in [1.54, 1.807) is 24.3 Å². The van der Waals surface area contributed by atoms with Crippen LogP contribution in [0.3, 0.4) is 0 Å². The van der Waals surface area contributed by atoms with Crippen LogP contribution in [-0.4, -0.2) is 23.0 Å². The summed E-state index contributed by atoms with van der Waals surface area (Å²) in [7, 11) is 0. The van der Waals surface area contributed by atoms with Crippen LogP contribution in [-0.2, 0) is 0 Å². The van der Waals surface area contributed by atoms with Gasteiger partial charge >= 0.3 is 0 Å². The Bertz CT molecular complexity index is 1110. The van der Waals surface area contributed by atoms with Gasteiger partial charge in [-0.2, -0.15) is 0 Å². The van der Waals surface area contributed by atoms with Crippen molar-refractivity contribution in [3.63, 3.8) is 0 Å². The van der Waals surface area contributed by atoms with Crippen molar-refractivity contribution >= 4 is 40.2 Å². The van der Waals surface area contributed by atoms with Gasteiger partial charge in [-0.3, -0.25) is 24.5 Å². The summed E-state index contributed by atoms with van der Waals surface area (Å²) in [6.45, 7) is 0. The summed E-state index contributed by atoms with van der Waals surface area (Å²) in [5, 5.41) is 11.8. The summed E-state index contributed by atoms with van der Waals surface area (Å²) in [5.74, 6) is -1.17. The lowest BCUT2D eigenvalue weighted by molar-refractivity contribution is -0.383. The summed E-state index contributed by atoms with van der Waals surface area (Å²) in [5.41, 5.74) is 0.846. The second-order valence-electron chi connectivity index (χ2n) is 5.78. The Morgan fingerprint density at radius 1 is 0.923 bits per heavy atom. The van der Waals surface area contributed by atoms with E-state index in [0.29, 0.717) is 11.8 Å². The fraction of sp³-hybridized carbons (Fsp3) is 0. The number of non-ortho nitro benzene ring substituents is 1. The molecule has 0 N–H and O–H groups in total. The van der Waals surface area contributed by atoms with E-state index in [9.17, 15) is 24.5 Å². The average Bonchev–Trinajstić information content (AvgIpc) is 2.65. The van der Waals surface area contributed by atoms with Gasteiger partial charge in [0.15, 0.2) is 0 Å². The van der Waals surface area contributed by atoms with Gasteiger partial charge in [0, 0.05) is 28.1 Å². The van der Waals surface area contributed by atoms with Gasteiger partial charge in [0.1, 0.15) is 6.29 Å². The fourth-order valence-electron chi connectivity index (χ4n) is 3.21. The van der Waals surface area contributed by atoms with E-state index < -0.39 is 16.7 Å². The number of benzene rings is 3. The minimum atomic E-state index is -0.586. The maximum absolute atomic E-state index is 12.9. The molecule has 0 bridgehead atoms. The Balaban J connectivity index is 1.98. The molecule has 0 spiro atoms. The number of amides is 2. The van der Waals surface area contributed by atoms with Gasteiger partial charge in [0.25, 0.3) is 17.5 Å². The summed E-state index contributed by atoms with van der Waals surface area (Å²) in [6.07, 6.45) is 0.625. The normalized spacial score (nSPS) is 13.2. The van der Waals surface area contributed by atoms with Crippen molar-refractivity contribution in [3.8, 4) is 0 Å². The zero-order valence-corrected chi connectivity index (χ0v) is 13.2. The lowest BCUT2D eigenvalue weighted by Gasteiger charge is -2.27. The molecule has 3 aromatic carbocycles. The Morgan fingerprint density at radius 2 is 1.62 bits per heavy atom. The van der Waals surface area contributed by atoms with Gasteiger partial charge in [0.05, 0.1) is 16.0 Å². The largest absolute Gasteiger partial charge is 0.298 e. The van der Waals surface area contributed by atoms with Crippen LogP contribution in [0, 0.1) is 10.1 Å². The molecule has 0 aliphatic carbocycles. The van der Waals surface area contributed by atoms with Crippen LogP contribution in [0.2, 0.25) is 0 Å². The molecular weight excluding hydrogens is 336 g/mol. The van der Waals surface area contributed by atoms with Crippen molar-refractivity contribution in [2.45, 2.75) is 0 Å². The van der Waals surface area contributed by atoms with Gasteiger partial charge < -0.3 is 0 Å². The van der Waals surface area contributed by atoms with Crippen LogP contribution in [0.5, 0.6) is 0 Å². The average molecular weight is 346 g/mol. The number of nitro benzene ring substituents is 1. The highest BCUT2D eigenvalue weighted by atomic mass is 16.6. The lowest BCUT2D eigenvalue weighted by atomic mass is 9.92. The number of imide groups is 1. The molecule has 7 nitrogen and oxygen atoms in total. The first-order chi connectivity index (χ1) is 12.5. The molecule has 0 aromatic heterocycles. The highest BCUT2D eigenvalue weighted by Crippen LogP contribution is 2.36. The molecule has 0 saturated heterocycles. The monoisotopic (exact) mass is 346 g/mol. The van der Waals surface area contributed by atoms with E-state index in [1.165, 1.54) is 30.3 Å². The topological polar surface area (TPSA) is 97.6 Å². The van der Waals surface area contributed by atoms with Crippen LogP contribution in [0.4, 0.5) is 11.4 Å². The molecule has 1 aliphatic heterocycles. The summed E-state index contributed by atoms with van der Waals surface area (Å²) in [6, 6.07) is 13.3. The molecule has 26 heavy (non-hydrogen) atoms. The first kappa shape index (κ1) is 15.6. The smallest absolute Gasteiger partial charge is 0.277 e. The molecule has 0 saturated carbocycles. The number of aldehydes is 1. The van der Waals surface area contributed by atoms with Crippen LogP contribution >= 0.6 is 0 Å². The fourth-order valence-corrected chi connectivity index (χ4v) is 3.21. The Morgan fingerprint density at radius 3 is 2.31 bits per heavy atom. The first-order valence-corrected chi connectivity index (χ1v) is 7.67. The molecule has 7 heteroatoms. The molecule has 0 atom stereocenters. The predicted octanol–water partition coefficient (Wildman–Crippen LogP) is 3.36. The van der Waals surface area contributed by atoms with Crippen molar-refractivity contribution < 1.29 is 19.3 Å². The maximum Gasteiger partial charge on any atom is 0.277 e. The highest BCUT2D eigenvalue weighted by molar-refractivity contribution is 6.36. The lowest BCUT2D eigenvalue weighted by Crippen LogP contribution is -2.40. The Labute approximate surface area is 146 Å². The van der Waals surface area contributed by atoms with Crippen molar-refractivity contribution in [1.29, 1.82) is 0 Å². The third kappa shape index (κ3) is 2.11. The number of rotatable bonds is 3. The van der Waals surface area contributed by atoms with Crippen molar-refractivity contribution in [2.75, 3.05) is 4.90 Å². The van der Waals surface area contributed by atoms with Crippen LogP contribution in [0.25, 0.3) is 10.8 Å². The molecular formula is C19H10N2O5. The first-order valence-electron chi connectivity index (χ1n) is 7.67. The van der Waals surface area contributed by atoms with Gasteiger partial charge in [-0.25, -0.2) is 4.90 Å². The van der Waals surface area contributed by atoms with Gasteiger partial charge in [0.2, 0.25) is 0 Å². The molecule has 0 unspecified atom stereocenters. The number of hydrogen-bond donors (Lipinski definition) is 0. The minimum absolute atomic E-state index is 0.164. The molecule has 0 fully saturated rings. The third-order valence-electron chi connectivity index (χ3n) is 4.35. The van der Waals surface area contributed by atoms with E-state index in [1.807, 2.05) is 0 Å². The van der Waals surface area contributed by atoms with Gasteiger partial charge in [-0.15, -0.1) is 0 Å². The molecule has 1 aliphatic rings. The molecule has 0 radical (unpaired) electrons. The van der Waals surface area contributed by atoms with Crippen LogP contribution < -0.4 is 4.90 Å². The van der Waals surface area contributed by atoms with E-state index in [-0.39, 0.29) is 33.3 Å². The quantitative estimate of drug-likeness (QED) is 0.313. The number of carbonyl (C=O) groups excluding carboxylic acids is 3. The molecule has 4 rings (SSSR count). The zero-order valence-electron chi connectivity index (χ0n) is 13.2. The van der Waals surface area contributed by atoms with E-state index >= 15 is 0 Å². The summed E-state index contributed by atoms with van der Waals surface area (Å²) < 4.78 is 0. The second kappa shape index (κ2) is 5.59. The number of nitro groups is 1. The van der Waals surface area contributed by atoms with Crippen LogP contribution in [0.1, 0.15) is 31.1 Å². The van der Waals surface area contributed by atoms with E-state index in [4.69, 9.17) is 0 Å². The summed E-state index contributed by atoms with van der Waals surface area (Å²) >= 11 is 0. The highest BCUT2D eigenvalue weighted by Gasteiger charge is 2.35.